The molecule has 5 heteroatoms. The third-order valence-corrected chi connectivity index (χ3v) is 10.2. The number of benzene rings is 1. The van der Waals surface area contributed by atoms with Gasteiger partial charge < -0.3 is 5.11 Å². The molecule has 1 heterocycles. The van der Waals surface area contributed by atoms with Gasteiger partial charge in [-0.25, -0.2) is 8.78 Å². The van der Waals surface area contributed by atoms with Crippen molar-refractivity contribution in [1.29, 1.82) is 0 Å². The number of fused-ring (bicyclic) bond motifs is 4. The lowest BCUT2D eigenvalue weighted by Crippen LogP contribution is -2.51. The number of hydrogen-bond donors (Lipinski definition) is 1. The second-order valence-corrected chi connectivity index (χ2v) is 13.9. The van der Waals surface area contributed by atoms with E-state index in [9.17, 15) is 9.90 Å². The molecule has 0 amide bonds. The van der Waals surface area contributed by atoms with Gasteiger partial charge in [-0.3, -0.25) is 9.78 Å². The lowest BCUT2D eigenvalue weighted by atomic mass is 9.51. The normalized spacial score (nSPS) is 31.1. The van der Waals surface area contributed by atoms with Crippen LogP contribution in [-0.4, -0.2) is 21.5 Å². The fourth-order valence-corrected chi connectivity index (χ4v) is 8.12. The Bertz CT molecular complexity index is 1550. The summed E-state index contributed by atoms with van der Waals surface area (Å²) in [5, 5.41) is 12.1. The number of hydrogen-bond acceptors (Lipinski definition) is 3. The Kier molecular flexibility index (Phi) is 6.66. The van der Waals surface area contributed by atoms with E-state index in [1.807, 2.05) is 27.7 Å². The largest absolute Gasteiger partial charge is 0.377 e. The van der Waals surface area contributed by atoms with Gasteiger partial charge in [-0.1, -0.05) is 30.4 Å². The van der Waals surface area contributed by atoms with Gasteiger partial charge in [-0.2, -0.15) is 0 Å². The zero-order valence-electron chi connectivity index (χ0n) is 24.7. The molecule has 0 aliphatic heterocycles. The molecule has 6 rings (SSSR count). The van der Waals surface area contributed by atoms with Crippen LogP contribution in [-0.2, 0) is 4.79 Å². The first-order valence-corrected chi connectivity index (χ1v) is 14.9. The summed E-state index contributed by atoms with van der Waals surface area (Å²) in [6, 6.07) is 6.22. The van der Waals surface area contributed by atoms with Gasteiger partial charge in [0.25, 0.3) is 0 Å². The maximum atomic E-state index is 16.2. The van der Waals surface area contributed by atoms with Gasteiger partial charge in [-0.15, -0.1) is 0 Å². The number of aliphatic hydroxyl groups is 1. The van der Waals surface area contributed by atoms with E-state index < -0.39 is 28.6 Å². The third-order valence-electron chi connectivity index (χ3n) is 10.2. The van der Waals surface area contributed by atoms with E-state index in [2.05, 4.69) is 23.7 Å². The first-order valence-electron chi connectivity index (χ1n) is 14.9. The summed E-state index contributed by atoms with van der Waals surface area (Å²) in [5.74, 6) is 5.69. The highest BCUT2D eigenvalue weighted by atomic mass is 19.1. The molecule has 0 spiro atoms. The lowest BCUT2D eigenvalue weighted by Gasteiger charge is -2.53. The summed E-state index contributed by atoms with van der Waals surface area (Å²) in [5.41, 5.74) is 3.18. The van der Waals surface area contributed by atoms with Gasteiger partial charge in [0.05, 0.1) is 0 Å². The average molecular weight is 556 g/mol. The molecule has 0 unspecified atom stereocenters. The van der Waals surface area contributed by atoms with Crippen LogP contribution >= 0.6 is 0 Å². The molecule has 4 aliphatic rings. The van der Waals surface area contributed by atoms with E-state index >= 15 is 8.78 Å². The average Bonchev–Trinajstić information content (AvgIpc) is 3.18. The second kappa shape index (κ2) is 9.73. The van der Waals surface area contributed by atoms with Gasteiger partial charge >= 0.3 is 0 Å². The summed E-state index contributed by atoms with van der Waals surface area (Å²) in [7, 11) is 0. The van der Waals surface area contributed by atoms with Crippen LogP contribution in [0, 0.1) is 53.1 Å². The monoisotopic (exact) mass is 555 g/mol. The third kappa shape index (κ3) is 4.69. The van der Waals surface area contributed by atoms with Crippen molar-refractivity contribution in [3.63, 3.8) is 0 Å². The van der Waals surface area contributed by atoms with Crippen molar-refractivity contribution in [2.75, 3.05) is 0 Å². The summed E-state index contributed by atoms with van der Waals surface area (Å²) < 4.78 is 32.0. The molecular formula is C36H39F2NO2. The Balaban J connectivity index is 1.52. The van der Waals surface area contributed by atoms with Crippen LogP contribution in [0.15, 0.2) is 53.3 Å². The minimum Gasteiger partial charge on any atom is -0.377 e. The van der Waals surface area contributed by atoms with Crippen LogP contribution in [0.25, 0.3) is 11.1 Å². The standard InChI is InChI=1S/C36H39F2NO2/c1-21-6-7-23(20-39-21)27-17-32(38)28(18-31(27)37)29-19-35(5)30(12-13-36(35,41)15-14-34(2,3)4)26-10-8-22-16-24(40)9-11-25(22)33(26)29/h6-7,16-18,20,26,29-30,41H,8-13,19H2,1-5H3/t26-,29+,30-,35-,36+/m0/s1. The van der Waals surface area contributed by atoms with Crippen LogP contribution in [0.3, 0.4) is 0 Å². The van der Waals surface area contributed by atoms with E-state index in [4.69, 9.17) is 0 Å². The van der Waals surface area contributed by atoms with Crippen LogP contribution in [0.2, 0.25) is 0 Å². The number of aryl methyl sites for hydroxylation is 1. The molecule has 1 aromatic carbocycles. The van der Waals surface area contributed by atoms with Crippen molar-refractivity contribution in [2.24, 2.45) is 22.7 Å². The highest BCUT2D eigenvalue weighted by Crippen LogP contribution is 2.66. The molecule has 3 nitrogen and oxygen atoms in total. The molecular weight excluding hydrogens is 516 g/mol. The minimum absolute atomic E-state index is 0.132. The van der Waals surface area contributed by atoms with Crippen LogP contribution in [0.4, 0.5) is 8.78 Å². The van der Waals surface area contributed by atoms with Gasteiger partial charge in [0, 0.05) is 46.2 Å². The molecule has 2 saturated carbocycles. The van der Waals surface area contributed by atoms with Crippen molar-refractivity contribution in [3.8, 4) is 23.0 Å². The van der Waals surface area contributed by atoms with Crippen molar-refractivity contribution in [3.05, 3.63) is 76.1 Å². The van der Waals surface area contributed by atoms with Crippen molar-refractivity contribution < 1.29 is 18.7 Å². The Labute approximate surface area is 242 Å². The maximum absolute atomic E-state index is 16.2. The van der Waals surface area contributed by atoms with E-state index in [-0.39, 0.29) is 28.6 Å². The van der Waals surface area contributed by atoms with Gasteiger partial charge in [-0.05, 0) is 119 Å². The quantitative estimate of drug-likeness (QED) is 0.382. The topological polar surface area (TPSA) is 50.2 Å². The molecule has 5 atom stereocenters. The first kappa shape index (κ1) is 28.0. The van der Waals surface area contributed by atoms with Crippen molar-refractivity contribution in [2.45, 2.75) is 91.1 Å². The molecule has 0 radical (unpaired) electrons. The maximum Gasteiger partial charge on any atom is 0.156 e. The number of nitrogens with zero attached hydrogens (tertiary/aromatic N) is 1. The predicted octanol–water partition coefficient (Wildman–Crippen LogP) is 8.02. The van der Waals surface area contributed by atoms with Gasteiger partial charge in [0.15, 0.2) is 5.78 Å². The SMILES string of the molecule is Cc1ccc(-c2cc(F)c([C@H]3C[C@@]4(C)[C@@H](CC[C@@]4(O)C#CC(C)(C)C)[C@@H]4CCC5=CC(=O)CCC5=C43)cc2F)cn1. The predicted molar refractivity (Wildman–Crippen MR) is 157 cm³/mol. The van der Waals surface area contributed by atoms with Crippen LogP contribution in [0.1, 0.15) is 89.8 Å². The smallest absolute Gasteiger partial charge is 0.156 e. The number of carbonyl (C=O) groups is 1. The summed E-state index contributed by atoms with van der Waals surface area (Å²) in [6.07, 6.45) is 7.97. The molecule has 214 valence electrons. The number of rotatable bonds is 2. The molecule has 4 aliphatic carbocycles. The first-order chi connectivity index (χ1) is 19.3. The number of carbonyl (C=O) groups excluding carboxylic acids is 1. The fraction of sp³-hybridized carbons (Fsp3) is 0.500. The van der Waals surface area contributed by atoms with E-state index in [1.54, 1.807) is 24.4 Å². The highest BCUT2D eigenvalue weighted by molar-refractivity contribution is 5.93. The second-order valence-electron chi connectivity index (χ2n) is 13.9. The van der Waals surface area contributed by atoms with Gasteiger partial charge in [0.1, 0.15) is 17.2 Å². The van der Waals surface area contributed by atoms with E-state index in [0.29, 0.717) is 36.8 Å². The van der Waals surface area contributed by atoms with Crippen molar-refractivity contribution >= 4 is 5.78 Å². The molecule has 2 fully saturated rings. The molecule has 2 aromatic rings. The Morgan fingerprint density at radius 2 is 1.85 bits per heavy atom. The molecule has 41 heavy (non-hydrogen) atoms. The fourth-order valence-electron chi connectivity index (χ4n) is 8.12. The molecule has 1 aromatic heterocycles. The van der Waals surface area contributed by atoms with E-state index in [1.165, 1.54) is 12.1 Å². The summed E-state index contributed by atoms with van der Waals surface area (Å²) >= 11 is 0. The number of halogens is 2. The number of pyridine rings is 1. The van der Waals surface area contributed by atoms with Crippen LogP contribution in [0.5, 0.6) is 0 Å². The molecule has 1 N–H and O–H groups in total. The summed E-state index contributed by atoms with van der Waals surface area (Å²) in [4.78, 5) is 16.6. The zero-order chi connectivity index (χ0) is 29.3. The number of aromatic nitrogens is 1. The van der Waals surface area contributed by atoms with Crippen molar-refractivity contribution in [1.82, 2.24) is 4.98 Å². The highest BCUT2D eigenvalue weighted by Gasteiger charge is 2.62. The lowest BCUT2D eigenvalue weighted by molar-refractivity contribution is -0.114. The Hall–Kier alpha value is -3.10. The Morgan fingerprint density at radius 1 is 1.07 bits per heavy atom. The number of ketones is 1. The minimum atomic E-state index is -1.21. The number of allylic oxidation sites excluding steroid dienone is 4. The zero-order valence-corrected chi connectivity index (χ0v) is 24.7. The van der Waals surface area contributed by atoms with Crippen LogP contribution < -0.4 is 0 Å². The van der Waals surface area contributed by atoms with E-state index in [0.717, 1.165) is 41.7 Å². The van der Waals surface area contributed by atoms with Gasteiger partial charge in [0.2, 0.25) is 0 Å². The summed E-state index contributed by atoms with van der Waals surface area (Å²) in [6.45, 7) is 10.1. The molecule has 0 bridgehead atoms. The Morgan fingerprint density at radius 3 is 2.56 bits per heavy atom. The molecule has 0 saturated heterocycles.